The smallest absolute Gasteiger partial charge is 0.324 e. The SMILES string of the molecule is N#CCOc1nc(N2CCCCC2)nc(N2CCCCC2)n1. The molecular formula is C15H22N6O. The van der Waals surface area contributed by atoms with E-state index >= 15 is 0 Å². The highest BCUT2D eigenvalue weighted by Gasteiger charge is 2.20. The Morgan fingerprint density at radius 1 is 0.818 bits per heavy atom. The maximum atomic E-state index is 8.70. The summed E-state index contributed by atoms with van der Waals surface area (Å²) in [7, 11) is 0. The van der Waals surface area contributed by atoms with Gasteiger partial charge >= 0.3 is 6.01 Å². The normalized spacial score (nSPS) is 18.9. The van der Waals surface area contributed by atoms with Gasteiger partial charge < -0.3 is 14.5 Å². The van der Waals surface area contributed by atoms with Gasteiger partial charge in [-0.05, 0) is 38.5 Å². The summed E-state index contributed by atoms with van der Waals surface area (Å²) in [5.41, 5.74) is 0. The molecule has 0 spiro atoms. The van der Waals surface area contributed by atoms with Crippen LogP contribution in [0.2, 0.25) is 0 Å². The van der Waals surface area contributed by atoms with Crippen molar-refractivity contribution < 1.29 is 4.74 Å². The van der Waals surface area contributed by atoms with Crippen molar-refractivity contribution >= 4 is 11.9 Å². The predicted octanol–water partition coefficient (Wildman–Crippen LogP) is 1.75. The third-order valence-electron chi connectivity index (χ3n) is 4.13. The van der Waals surface area contributed by atoms with Gasteiger partial charge in [-0.15, -0.1) is 0 Å². The lowest BCUT2D eigenvalue weighted by Gasteiger charge is -2.30. The number of rotatable bonds is 4. The van der Waals surface area contributed by atoms with Crippen LogP contribution in [0.15, 0.2) is 0 Å². The van der Waals surface area contributed by atoms with E-state index in [1.807, 2.05) is 6.07 Å². The summed E-state index contributed by atoms with van der Waals surface area (Å²) in [6, 6.07) is 2.23. The third-order valence-corrected chi connectivity index (χ3v) is 4.13. The quantitative estimate of drug-likeness (QED) is 0.838. The average Bonchev–Trinajstić information content (AvgIpc) is 2.61. The van der Waals surface area contributed by atoms with Crippen LogP contribution in [0, 0.1) is 11.3 Å². The van der Waals surface area contributed by atoms with Crippen molar-refractivity contribution in [2.75, 3.05) is 42.6 Å². The maximum absolute atomic E-state index is 8.70. The molecule has 118 valence electrons. The van der Waals surface area contributed by atoms with E-state index in [1.54, 1.807) is 0 Å². The van der Waals surface area contributed by atoms with E-state index in [1.165, 1.54) is 38.5 Å². The van der Waals surface area contributed by atoms with Gasteiger partial charge in [-0.2, -0.15) is 20.2 Å². The molecule has 2 saturated heterocycles. The van der Waals surface area contributed by atoms with Gasteiger partial charge in [0.15, 0.2) is 6.61 Å². The van der Waals surface area contributed by atoms with Crippen molar-refractivity contribution in [1.29, 1.82) is 5.26 Å². The minimum atomic E-state index is -0.0388. The van der Waals surface area contributed by atoms with Crippen molar-refractivity contribution in [2.45, 2.75) is 38.5 Å². The highest BCUT2D eigenvalue weighted by atomic mass is 16.5. The first-order valence-corrected chi connectivity index (χ1v) is 8.12. The molecule has 7 nitrogen and oxygen atoms in total. The first-order chi connectivity index (χ1) is 10.9. The summed E-state index contributed by atoms with van der Waals surface area (Å²) in [6.45, 7) is 3.85. The van der Waals surface area contributed by atoms with Gasteiger partial charge in [0.25, 0.3) is 0 Å². The van der Waals surface area contributed by atoms with E-state index in [0.717, 1.165) is 26.2 Å². The van der Waals surface area contributed by atoms with E-state index in [4.69, 9.17) is 10.00 Å². The second-order valence-electron chi connectivity index (χ2n) is 5.76. The average molecular weight is 302 g/mol. The molecule has 0 aromatic carbocycles. The van der Waals surface area contributed by atoms with Crippen LogP contribution in [0.25, 0.3) is 0 Å². The molecule has 3 heterocycles. The number of hydrogen-bond acceptors (Lipinski definition) is 7. The molecule has 2 aliphatic rings. The van der Waals surface area contributed by atoms with Crippen LogP contribution in [-0.4, -0.2) is 47.7 Å². The first kappa shape index (κ1) is 14.8. The molecule has 3 rings (SSSR count). The molecule has 1 aromatic rings. The molecule has 0 amide bonds. The van der Waals surface area contributed by atoms with Crippen LogP contribution in [0.1, 0.15) is 38.5 Å². The Labute approximate surface area is 130 Å². The lowest BCUT2D eigenvalue weighted by atomic mass is 10.1. The van der Waals surface area contributed by atoms with Gasteiger partial charge in [-0.1, -0.05) is 0 Å². The molecule has 2 aliphatic heterocycles. The van der Waals surface area contributed by atoms with Gasteiger partial charge in [-0.3, -0.25) is 0 Å². The van der Waals surface area contributed by atoms with Crippen molar-refractivity contribution in [3.05, 3.63) is 0 Å². The first-order valence-electron chi connectivity index (χ1n) is 8.12. The van der Waals surface area contributed by atoms with Crippen molar-refractivity contribution in [3.63, 3.8) is 0 Å². The summed E-state index contributed by atoms with van der Waals surface area (Å²) in [5, 5.41) is 8.70. The Hall–Kier alpha value is -2.10. The summed E-state index contributed by atoms with van der Waals surface area (Å²) >= 11 is 0. The number of piperidine rings is 2. The monoisotopic (exact) mass is 302 g/mol. The summed E-state index contributed by atoms with van der Waals surface area (Å²) < 4.78 is 5.34. The Kier molecular flexibility index (Phi) is 4.88. The summed E-state index contributed by atoms with van der Waals surface area (Å²) in [5.74, 6) is 1.37. The molecule has 0 N–H and O–H groups in total. The number of nitriles is 1. The Morgan fingerprint density at radius 3 is 1.77 bits per heavy atom. The highest BCUT2D eigenvalue weighted by Crippen LogP contribution is 2.23. The van der Waals surface area contributed by atoms with Gasteiger partial charge in [0.05, 0.1) is 0 Å². The van der Waals surface area contributed by atoms with Crippen LogP contribution < -0.4 is 14.5 Å². The van der Waals surface area contributed by atoms with Crippen molar-refractivity contribution in [2.24, 2.45) is 0 Å². The minimum absolute atomic E-state index is 0.0388. The van der Waals surface area contributed by atoms with Crippen LogP contribution >= 0.6 is 0 Å². The number of nitrogens with zero attached hydrogens (tertiary/aromatic N) is 6. The van der Waals surface area contributed by atoms with Crippen LogP contribution in [0.5, 0.6) is 6.01 Å². The lowest BCUT2D eigenvalue weighted by Crippen LogP contribution is -2.34. The summed E-state index contributed by atoms with van der Waals surface area (Å²) in [6.07, 6.45) is 7.19. The van der Waals surface area contributed by atoms with Crippen molar-refractivity contribution in [1.82, 2.24) is 15.0 Å². The predicted molar refractivity (Wildman–Crippen MR) is 83.1 cm³/mol. The molecule has 2 fully saturated rings. The standard InChI is InChI=1S/C15H22N6O/c16-7-12-22-15-18-13(20-8-3-1-4-9-20)17-14(19-15)21-10-5-2-6-11-21/h1-6,8-12H2. The van der Waals surface area contributed by atoms with Crippen LogP contribution in [0.4, 0.5) is 11.9 Å². The lowest BCUT2D eigenvalue weighted by molar-refractivity contribution is 0.335. The Balaban J connectivity index is 1.85. The zero-order chi connectivity index (χ0) is 15.2. The zero-order valence-electron chi connectivity index (χ0n) is 12.9. The Morgan fingerprint density at radius 2 is 1.32 bits per heavy atom. The van der Waals surface area contributed by atoms with Crippen LogP contribution in [0.3, 0.4) is 0 Å². The highest BCUT2D eigenvalue weighted by molar-refractivity contribution is 5.41. The van der Waals surface area contributed by atoms with E-state index in [-0.39, 0.29) is 12.6 Å². The third kappa shape index (κ3) is 3.56. The van der Waals surface area contributed by atoms with Gasteiger partial charge in [0.2, 0.25) is 11.9 Å². The number of hydrogen-bond donors (Lipinski definition) is 0. The number of aromatic nitrogens is 3. The molecule has 1 aromatic heterocycles. The molecule has 0 unspecified atom stereocenters. The fraction of sp³-hybridized carbons (Fsp3) is 0.733. The Bertz CT molecular complexity index is 495. The van der Waals surface area contributed by atoms with Crippen LogP contribution in [-0.2, 0) is 0 Å². The zero-order valence-corrected chi connectivity index (χ0v) is 12.9. The molecule has 0 aliphatic carbocycles. The van der Waals surface area contributed by atoms with Gasteiger partial charge in [-0.25, -0.2) is 0 Å². The second kappa shape index (κ2) is 7.25. The fourth-order valence-corrected chi connectivity index (χ4v) is 2.97. The van der Waals surface area contributed by atoms with E-state index in [0.29, 0.717) is 11.9 Å². The molecule has 7 heteroatoms. The second-order valence-corrected chi connectivity index (χ2v) is 5.76. The summed E-state index contributed by atoms with van der Waals surface area (Å²) in [4.78, 5) is 17.8. The van der Waals surface area contributed by atoms with E-state index in [9.17, 15) is 0 Å². The topological polar surface area (TPSA) is 78.2 Å². The fourth-order valence-electron chi connectivity index (χ4n) is 2.97. The molecule has 0 bridgehead atoms. The van der Waals surface area contributed by atoms with Crippen molar-refractivity contribution in [3.8, 4) is 12.1 Å². The van der Waals surface area contributed by atoms with E-state index < -0.39 is 0 Å². The van der Waals surface area contributed by atoms with E-state index in [2.05, 4.69) is 24.8 Å². The van der Waals surface area contributed by atoms with Gasteiger partial charge in [0.1, 0.15) is 6.07 Å². The van der Waals surface area contributed by atoms with Gasteiger partial charge in [0, 0.05) is 26.2 Å². The molecule has 0 atom stereocenters. The largest absolute Gasteiger partial charge is 0.448 e. The minimum Gasteiger partial charge on any atom is -0.448 e. The molecule has 0 saturated carbocycles. The molecular weight excluding hydrogens is 280 g/mol. The molecule has 22 heavy (non-hydrogen) atoms. The maximum Gasteiger partial charge on any atom is 0.324 e. The number of anilines is 2. The number of ether oxygens (including phenoxy) is 1. The molecule has 0 radical (unpaired) electrons.